The van der Waals surface area contributed by atoms with Crippen LogP contribution in [0.25, 0.3) is 21.3 Å². The molecule has 2 aromatic heterocycles. The number of nitrogen functional groups attached to an aromatic ring is 2. The van der Waals surface area contributed by atoms with Crippen LogP contribution in [-0.4, -0.2) is 14.5 Å². The van der Waals surface area contributed by atoms with Gasteiger partial charge in [-0.25, -0.2) is 19.2 Å². The van der Waals surface area contributed by atoms with E-state index in [2.05, 4.69) is 20.1 Å². The molecule has 0 amide bonds. The number of para-hydroxylation sites is 1. The summed E-state index contributed by atoms with van der Waals surface area (Å²) < 4.78 is 16.2. The first kappa shape index (κ1) is 20.5. The summed E-state index contributed by atoms with van der Waals surface area (Å²) in [6.45, 7) is 7.50. The lowest BCUT2D eigenvalue weighted by Crippen LogP contribution is -2.28. The Kier molecular flexibility index (Phi) is 4.90. The van der Waals surface area contributed by atoms with Crippen molar-refractivity contribution in [3.63, 3.8) is 0 Å². The summed E-state index contributed by atoms with van der Waals surface area (Å²) in [5.74, 6) is -0.260. The number of aromatic nitrogens is 3. The van der Waals surface area contributed by atoms with Crippen molar-refractivity contribution in [2.24, 2.45) is 5.92 Å². The molecule has 164 valence electrons. The first-order valence-corrected chi connectivity index (χ1v) is 10.4. The minimum Gasteiger partial charge on any atom is -0.392 e. The molecule has 5 N–H and O–H groups in total. The van der Waals surface area contributed by atoms with Gasteiger partial charge in [-0.15, -0.1) is 0 Å². The maximum atomic E-state index is 14.7. The topological polar surface area (TPSA) is 116 Å². The molecule has 0 unspecified atom stereocenters. The molecule has 1 aliphatic carbocycles. The Hall–Kier alpha value is -4.45. The van der Waals surface area contributed by atoms with Gasteiger partial charge < -0.3 is 16.8 Å². The predicted octanol–water partition coefficient (Wildman–Crippen LogP) is 4.20. The van der Waals surface area contributed by atoms with E-state index in [0.29, 0.717) is 16.8 Å². The van der Waals surface area contributed by atoms with Crippen LogP contribution in [0, 0.1) is 18.3 Å². The van der Waals surface area contributed by atoms with Crippen LogP contribution in [0.5, 0.6) is 0 Å². The molecule has 5 rings (SSSR count). The van der Waals surface area contributed by atoms with E-state index in [9.17, 15) is 9.18 Å². The van der Waals surface area contributed by atoms with Crippen LogP contribution in [-0.2, 0) is 0 Å². The van der Waals surface area contributed by atoms with Crippen molar-refractivity contribution in [1.29, 1.82) is 0 Å². The zero-order chi connectivity index (χ0) is 23.1. The van der Waals surface area contributed by atoms with E-state index in [1.165, 1.54) is 10.6 Å². The maximum absolute atomic E-state index is 14.7. The summed E-state index contributed by atoms with van der Waals surface area (Å²) >= 11 is 0. The van der Waals surface area contributed by atoms with Gasteiger partial charge in [0.1, 0.15) is 17.5 Å². The molecule has 2 aromatic carbocycles. The Bertz CT molecular complexity index is 1470. The summed E-state index contributed by atoms with van der Waals surface area (Å²) in [7, 11) is 0. The molecule has 0 bridgehead atoms. The third kappa shape index (κ3) is 3.61. The quantitative estimate of drug-likeness (QED) is 0.400. The smallest absolute Gasteiger partial charge is 0.268 e. The highest BCUT2D eigenvalue weighted by Crippen LogP contribution is 2.45. The third-order valence-corrected chi connectivity index (χ3v) is 5.78. The number of rotatable bonds is 5. The van der Waals surface area contributed by atoms with Gasteiger partial charge in [0.25, 0.3) is 11.2 Å². The molecule has 0 radical (unpaired) electrons. The molecule has 0 saturated heterocycles. The molecular formula is C24H20FN7O. The highest BCUT2D eigenvalue weighted by molar-refractivity contribution is 5.83. The number of pyridine rings is 1. The van der Waals surface area contributed by atoms with E-state index in [0.717, 1.165) is 12.8 Å². The molecular weight excluding hydrogens is 421 g/mol. The first-order chi connectivity index (χ1) is 16.0. The maximum Gasteiger partial charge on any atom is 0.268 e. The fraction of sp³-hybridized carbons (Fsp3) is 0.167. The molecule has 1 fully saturated rings. The van der Waals surface area contributed by atoms with Gasteiger partial charge in [0, 0.05) is 11.4 Å². The third-order valence-electron chi connectivity index (χ3n) is 5.78. The van der Waals surface area contributed by atoms with Crippen molar-refractivity contribution in [2.45, 2.75) is 18.9 Å². The van der Waals surface area contributed by atoms with Gasteiger partial charge in [0.15, 0.2) is 0 Å². The van der Waals surface area contributed by atoms with Crippen LogP contribution in [0.2, 0.25) is 0 Å². The van der Waals surface area contributed by atoms with Crippen molar-refractivity contribution < 1.29 is 4.39 Å². The molecule has 0 aliphatic heterocycles. The zero-order valence-corrected chi connectivity index (χ0v) is 17.5. The van der Waals surface area contributed by atoms with Crippen LogP contribution in [0.3, 0.4) is 0 Å². The van der Waals surface area contributed by atoms with E-state index >= 15 is 0 Å². The highest BCUT2D eigenvalue weighted by Gasteiger charge is 2.36. The number of fused-ring (bicyclic) bond motifs is 1. The first-order valence-electron chi connectivity index (χ1n) is 10.4. The number of anilines is 3. The van der Waals surface area contributed by atoms with Gasteiger partial charge in [0.2, 0.25) is 5.95 Å². The van der Waals surface area contributed by atoms with E-state index in [1.54, 1.807) is 24.3 Å². The van der Waals surface area contributed by atoms with Crippen molar-refractivity contribution in [3.05, 3.63) is 87.9 Å². The molecule has 9 heteroatoms. The number of halogens is 1. The van der Waals surface area contributed by atoms with E-state index < -0.39 is 11.4 Å². The monoisotopic (exact) mass is 441 g/mol. The predicted molar refractivity (Wildman–Crippen MR) is 126 cm³/mol. The molecule has 1 aliphatic rings. The number of hydrogen-bond acceptors (Lipinski definition) is 6. The van der Waals surface area contributed by atoms with Gasteiger partial charge in [-0.2, -0.15) is 0 Å². The van der Waals surface area contributed by atoms with Crippen LogP contribution in [0.4, 0.5) is 27.7 Å². The second-order valence-corrected chi connectivity index (χ2v) is 7.98. The Morgan fingerprint density at radius 1 is 1.12 bits per heavy atom. The summed E-state index contributed by atoms with van der Waals surface area (Å²) in [6.07, 6.45) is 1.84. The molecule has 1 atom stereocenters. The second kappa shape index (κ2) is 7.91. The van der Waals surface area contributed by atoms with Crippen LogP contribution in [0.1, 0.15) is 24.6 Å². The van der Waals surface area contributed by atoms with Crippen molar-refractivity contribution in [1.82, 2.24) is 14.5 Å². The lowest BCUT2D eigenvalue weighted by atomic mass is 10.0. The van der Waals surface area contributed by atoms with Gasteiger partial charge in [-0.3, -0.25) is 9.36 Å². The van der Waals surface area contributed by atoms with Crippen LogP contribution < -0.4 is 22.3 Å². The summed E-state index contributed by atoms with van der Waals surface area (Å²) in [5.41, 5.74) is 12.5. The van der Waals surface area contributed by atoms with Crippen LogP contribution in [0.15, 0.2) is 59.4 Å². The molecule has 4 aromatic rings. The van der Waals surface area contributed by atoms with E-state index in [1.807, 2.05) is 24.3 Å². The second-order valence-electron chi connectivity index (χ2n) is 7.98. The molecule has 33 heavy (non-hydrogen) atoms. The number of hydrogen-bond donors (Lipinski definition) is 3. The molecule has 8 nitrogen and oxygen atoms in total. The normalized spacial score (nSPS) is 14.1. The zero-order valence-electron chi connectivity index (χ0n) is 17.5. The lowest BCUT2D eigenvalue weighted by Gasteiger charge is -2.25. The van der Waals surface area contributed by atoms with E-state index in [-0.39, 0.29) is 40.6 Å². The standard InChI is InChI=1S/C24H20FN7O/c1-28-20-21(26)30-24(27)31-22(20)29-19(13-10-11-13)17-12-14-6-5-9-16(25)18(14)23(33)32(17)15-7-3-2-4-8-15/h2-9,12-13,19H,10-11H2,(H5,26,27,29,30,31)/t19-/m0/s1. The average molecular weight is 441 g/mol. The van der Waals surface area contributed by atoms with Crippen LogP contribution >= 0.6 is 0 Å². The number of nitrogens with two attached hydrogens (primary N) is 2. The minimum absolute atomic E-state index is 0.0180. The van der Waals surface area contributed by atoms with Gasteiger partial charge >= 0.3 is 0 Å². The van der Waals surface area contributed by atoms with Gasteiger partial charge in [-0.05, 0) is 48.4 Å². The average Bonchev–Trinajstić information content (AvgIpc) is 3.63. The van der Waals surface area contributed by atoms with E-state index in [4.69, 9.17) is 18.0 Å². The van der Waals surface area contributed by atoms with Crippen molar-refractivity contribution in [3.8, 4) is 5.69 Å². The summed E-state index contributed by atoms with van der Waals surface area (Å²) in [6, 6.07) is 15.1. The van der Waals surface area contributed by atoms with Crippen molar-refractivity contribution >= 4 is 34.0 Å². The molecule has 1 saturated carbocycles. The minimum atomic E-state index is -0.573. The fourth-order valence-electron chi connectivity index (χ4n) is 4.12. The molecule has 2 heterocycles. The van der Waals surface area contributed by atoms with Crippen molar-refractivity contribution in [2.75, 3.05) is 16.8 Å². The van der Waals surface area contributed by atoms with Gasteiger partial charge in [-0.1, -0.05) is 30.3 Å². The number of nitrogens with one attached hydrogen (secondary N) is 1. The Morgan fingerprint density at radius 2 is 1.88 bits per heavy atom. The Morgan fingerprint density at radius 3 is 2.58 bits per heavy atom. The Labute approximate surface area is 188 Å². The number of benzene rings is 2. The highest BCUT2D eigenvalue weighted by atomic mass is 19.1. The van der Waals surface area contributed by atoms with Gasteiger partial charge in [0.05, 0.1) is 18.0 Å². The molecule has 0 spiro atoms. The SMILES string of the molecule is [C-]#[N+]c1c(N)nc(N)nc1N[C@H](c1cc2cccc(F)c2c(=O)n1-c1ccccc1)C1CC1. The summed E-state index contributed by atoms with van der Waals surface area (Å²) in [4.78, 5) is 25.1. The Balaban J connectivity index is 1.76. The number of nitrogens with zero attached hydrogens (tertiary/aromatic N) is 4. The lowest BCUT2D eigenvalue weighted by molar-refractivity contribution is 0.625. The largest absolute Gasteiger partial charge is 0.392 e. The fourth-order valence-corrected chi connectivity index (χ4v) is 4.12. The summed E-state index contributed by atoms with van der Waals surface area (Å²) in [5, 5.41) is 3.82.